The van der Waals surface area contributed by atoms with Crippen LogP contribution < -0.4 is 19.5 Å². The normalized spacial score (nSPS) is 16.2. The van der Waals surface area contributed by atoms with Crippen molar-refractivity contribution < 1.29 is 14.2 Å². The van der Waals surface area contributed by atoms with Crippen molar-refractivity contribution in [1.29, 1.82) is 0 Å². The summed E-state index contributed by atoms with van der Waals surface area (Å²) in [7, 11) is 5.08. The van der Waals surface area contributed by atoms with Gasteiger partial charge in [0.15, 0.2) is 0 Å². The zero-order valence-electron chi connectivity index (χ0n) is 15.4. The molecule has 1 aliphatic heterocycles. The van der Waals surface area contributed by atoms with Gasteiger partial charge in [-0.1, -0.05) is 15.9 Å². The first kappa shape index (κ1) is 19.0. The average Bonchev–Trinajstić information content (AvgIpc) is 2.69. The Kier molecular flexibility index (Phi) is 6.40. The number of methoxy groups -OCH3 is 3. The highest BCUT2D eigenvalue weighted by Gasteiger charge is 2.29. The standard InChI is InChI=1S/C20H25BrN2O3/c1-24-15-5-6-16(19(13-15)26-3)20(23-10-8-22-9-11-23)17-12-14(21)4-7-18(17)25-2/h4-7,12-13,20,22H,8-11H2,1-3H3. The van der Waals surface area contributed by atoms with Crippen LogP contribution in [0.2, 0.25) is 0 Å². The van der Waals surface area contributed by atoms with Gasteiger partial charge in [0.2, 0.25) is 0 Å². The molecule has 1 N–H and O–H groups in total. The number of benzene rings is 2. The van der Waals surface area contributed by atoms with Gasteiger partial charge in [-0.25, -0.2) is 0 Å². The summed E-state index contributed by atoms with van der Waals surface area (Å²) in [6.07, 6.45) is 0. The van der Waals surface area contributed by atoms with Gasteiger partial charge in [0.1, 0.15) is 17.2 Å². The minimum Gasteiger partial charge on any atom is -0.497 e. The van der Waals surface area contributed by atoms with Gasteiger partial charge in [-0.15, -0.1) is 0 Å². The van der Waals surface area contributed by atoms with Crippen LogP contribution in [0.25, 0.3) is 0 Å². The molecular weight excluding hydrogens is 396 g/mol. The van der Waals surface area contributed by atoms with E-state index in [4.69, 9.17) is 14.2 Å². The lowest BCUT2D eigenvalue weighted by atomic mass is 9.94. The molecule has 1 fully saturated rings. The van der Waals surface area contributed by atoms with E-state index >= 15 is 0 Å². The van der Waals surface area contributed by atoms with Crippen molar-refractivity contribution in [3.63, 3.8) is 0 Å². The van der Waals surface area contributed by atoms with Gasteiger partial charge in [-0.2, -0.15) is 0 Å². The Morgan fingerprint density at radius 3 is 2.27 bits per heavy atom. The van der Waals surface area contributed by atoms with E-state index in [0.29, 0.717) is 0 Å². The third-order valence-corrected chi connectivity index (χ3v) is 5.23. The Morgan fingerprint density at radius 1 is 0.885 bits per heavy atom. The van der Waals surface area contributed by atoms with Gasteiger partial charge in [-0.05, 0) is 30.3 Å². The van der Waals surface area contributed by atoms with Crippen LogP contribution in [0.4, 0.5) is 0 Å². The van der Waals surface area contributed by atoms with Crippen LogP contribution in [0.3, 0.4) is 0 Å². The molecule has 0 spiro atoms. The van der Waals surface area contributed by atoms with E-state index in [-0.39, 0.29) is 6.04 Å². The molecule has 0 aliphatic carbocycles. The summed E-state index contributed by atoms with van der Waals surface area (Å²) in [5, 5.41) is 3.43. The molecule has 0 amide bonds. The van der Waals surface area contributed by atoms with Crippen molar-refractivity contribution in [3.05, 3.63) is 52.0 Å². The number of nitrogens with one attached hydrogen (secondary N) is 1. The molecule has 0 aromatic heterocycles. The van der Waals surface area contributed by atoms with Crippen LogP contribution in [-0.4, -0.2) is 52.4 Å². The molecule has 1 saturated heterocycles. The maximum absolute atomic E-state index is 5.71. The van der Waals surface area contributed by atoms with E-state index in [1.54, 1.807) is 21.3 Å². The molecule has 0 bridgehead atoms. The third-order valence-electron chi connectivity index (χ3n) is 4.74. The summed E-state index contributed by atoms with van der Waals surface area (Å²) >= 11 is 3.61. The van der Waals surface area contributed by atoms with Gasteiger partial charge in [-0.3, -0.25) is 4.90 Å². The first-order valence-electron chi connectivity index (χ1n) is 8.68. The smallest absolute Gasteiger partial charge is 0.127 e. The third kappa shape index (κ3) is 3.98. The maximum atomic E-state index is 5.71. The second-order valence-electron chi connectivity index (χ2n) is 6.18. The SMILES string of the molecule is COc1ccc(C(c2cc(Br)ccc2OC)N2CCNCC2)c(OC)c1. The lowest BCUT2D eigenvalue weighted by Crippen LogP contribution is -2.45. The lowest BCUT2D eigenvalue weighted by molar-refractivity contribution is 0.192. The van der Waals surface area contributed by atoms with Crippen molar-refractivity contribution in [1.82, 2.24) is 10.2 Å². The largest absolute Gasteiger partial charge is 0.497 e. The monoisotopic (exact) mass is 420 g/mol. The fourth-order valence-corrected chi connectivity index (χ4v) is 3.84. The van der Waals surface area contributed by atoms with Crippen LogP contribution in [0.1, 0.15) is 17.2 Å². The van der Waals surface area contributed by atoms with Crippen molar-refractivity contribution in [2.24, 2.45) is 0 Å². The number of rotatable bonds is 6. The topological polar surface area (TPSA) is 43.0 Å². The Hall–Kier alpha value is -1.76. The quantitative estimate of drug-likeness (QED) is 0.774. The van der Waals surface area contributed by atoms with Crippen LogP contribution in [0, 0.1) is 0 Å². The number of piperazine rings is 1. The molecule has 2 aromatic carbocycles. The van der Waals surface area contributed by atoms with Gasteiger partial charge in [0.05, 0.1) is 27.4 Å². The minimum absolute atomic E-state index is 0.0328. The second-order valence-corrected chi connectivity index (χ2v) is 7.10. The van der Waals surface area contributed by atoms with Crippen molar-refractivity contribution >= 4 is 15.9 Å². The van der Waals surface area contributed by atoms with Gasteiger partial charge in [0, 0.05) is 47.8 Å². The molecule has 0 saturated carbocycles. The number of nitrogens with zero attached hydrogens (tertiary/aromatic N) is 1. The molecule has 2 aromatic rings. The second kappa shape index (κ2) is 8.75. The number of ether oxygens (including phenoxy) is 3. The Morgan fingerprint density at radius 2 is 1.62 bits per heavy atom. The van der Waals surface area contributed by atoms with Crippen molar-refractivity contribution in [3.8, 4) is 17.2 Å². The van der Waals surface area contributed by atoms with Gasteiger partial charge < -0.3 is 19.5 Å². The predicted octanol–water partition coefficient (Wildman–Crippen LogP) is 3.47. The first-order valence-corrected chi connectivity index (χ1v) is 9.47. The van der Waals surface area contributed by atoms with E-state index in [0.717, 1.165) is 59.0 Å². The van der Waals surface area contributed by atoms with Crippen molar-refractivity contribution in [2.45, 2.75) is 6.04 Å². The maximum Gasteiger partial charge on any atom is 0.127 e. The molecular formula is C20H25BrN2O3. The molecule has 140 valence electrons. The molecule has 1 unspecified atom stereocenters. The van der Waals surface area contributed by atoms with E-state index < -0.39 is 0 Å². The molecule has 3 rings (SSSR count). The van der Waals surface area contributed by atoms with Crippen LogP contribution in [-0.2, 0) is 0 Å². The van der Waals surface area contributed by atoms with Crippen LogP contribution >= 0.6 is 15.9 Å². The Labute approximate surface area is 163 Å². The molecule has 1 heterocycles. The first-order chi connectivity index (χ1) is 12.7. The van der Waals surface area contributed by atoms with E-state index in [1.807, 2.05) is 24.3 Å². The highest BCUT2D eigenvalue weighted by molar-refractivity contribution is 9.10. The molecule has 6 heteroatoms. The van der Waals surface area contributed by atoms with E-state index in [9.17, 15) is 0 Å². The highest BCUT2D eigenvalue weighted by Crippen LogP contribution is 2.41. The summed E-state index contributed by atoms with van der Waals surface area (Å²) in [6.45, 7) is 3.83. The van der Waals surface area contributed by atoms with Gasteiger partial charge in [0.25, 0.3) is 0 Å². The predicted molar refractivity (Wildman–Crippen MR) is 107 cm³/mol. The zero-order valence-corrected chi connectivity index (χ0v) is 17.0. The summed E-state index contributed by atoms with van der Waals surface area (Å²) in [4.78, 5) is 2.46. The fourth-order valence-electron chi connectivity index (χ4n) is 3.46. The molecule has 5 nitrogen and oxygen atoms in total. The summed E-state index contributed by atoms with van der Waals surface area (Å²) < 4.78 is 17.8. The summed E-state index contributed by atoms with van der Waals surface area (Å²) in [5.74, 6) is 2.47. The molecule has 1 aliphatic rings. The number of hydrogen-bond donors (Lipinski definition) is 1. The minimum atomic E-state index is 0.0328. The van der Waals surface area contributed by atoms with E-state index in [1.165, 1.54) is 0 Å². The molecule has 0 radical (unpaired) electrons. The highest BCUT2D eigenvalue weighted by atomic mass is 79.9. The van der Waals surface area contributed by atoms with Crippen molar-refractivity contribution in [2.75, 3.05) is 47.5 Å². The average molecular weight is 421 g/mol. The van der Waals surface area contributed by atoms with Crippen LogP contribution in [0.5, 0.6) is 17.2 Å². The van der Waals surface area contributed by atoms with Crippen LogP contribution in [0.15, 0.2) is 40.9 Å². The summed E-state index contributed by atoms with van der Waals surface area (Å²) in [6, 6.07) is 12.2. The Bertz CT molecular complexity index is 748. The lowest BCUT2D eigenvalue weighted by Gasteiger charge is -2.36. The summed E-state index contributed by atoms with van der Waals surface area (Å²) in [5.41, 5.74) is 2.22. The number of hydrogen-bond acceptors (Lipinski definition) is 5. The zero-order chi connectivity index (χ0) is 18.5. The molecule has 26 heavy (non-hydrogen) atoms. The molecule has 1 atom stereocenters. The number of halogens is 1. The van der Waals surface area contributed by atoms with E-state index in [2.05, 4.69) is 38.3 Å². The fraction of sp³-hybridized carbons (Fsp3) is 0.400. The van der Waals surface area contributed by atoms with Gasteiger partial charge >= 0.3 is 0 Å². The Balaban J connectivity index is 2.14.